The molecule has 0 spiro atoms. The van der Waals surface area contributed by atoms with Crippen molar-refractivity contribution < 1.29 is 22.7 Å². The lowest BCUT2D eigenvalue weighted by Crippen LogP contribution is -2.53. The Bertz CT molecular complexity index is 1720. The average Bonchev–Trinajstić information content (AvgIpc) is 3.06. The molecule has 4 aromatic rings. The predicted octanol–water partition coefficient (Wildman–Crippen LogP) is 6.54. The third-order valence-electron chi connectivity index (χ3n) is 7.22. The Morgan fingerprint density at radius 1 is 0.891 bits per heavy atom. The third-order valence-corrected chi connectivity index (χ3v) is 10.2. The molecule has 0 aliphatic carbocycles. The van der Waals surface area contributed by atoms with Gasteiger partial charge in [-0.25, -0.2) is 8.42 Å². The summed E-state index contributed by atoms with van der Waals surface area (Å²) in [7, 11) is -4.25. The minimum Gasteiger partial charge on any atom is -0.492 e. The van der Waals surface area contributed by atoms with Crippen LogP contribution in [0.25, 0.3) is 0 Å². The first-order chi connectivity index (χ1) is 22.2. The number of para-hydroxylation sites is 2. The second kappa shape index (κ2) is 16.7. The normalized spacial score (nSPS) is 11.8. The number of anilines is 1. The van der Waals surface area contributed by atoms with Crippen molar-refractivity contribution in [2.24, 2.45) is 0 Å². The Morgan fingerprint density at radius 2 is 1.57 bits per heavy atom. The van der Waals surface area contributed by atoms with Crippen LogP contribution in [0.2, 0.25) is 0 Å². The van der Waals surface area contributed by atoms with Crippen molar-refractivity contribution in [3.05, 3.63) is 119 Å². The van der Waals surface area contributed by atoms with Gasteiger partial charge in [0.15, 0.2) is 0 Å². The maximum absolute atomic E-state index is 14.6. The number of nitrogens with one attached hydrogen (secondary N) is 1. The molecule has 0 aliphatic rings. The van der Waals surface area contributed by atoms with Gasteiger partial charge in [0.1, 0.15) is 18.3 Å². The zero-order valence-electron chi connectivity index (χ0n) is 26.1. The lowest BCUT2D eigenvalue weighted by atomic mass is 10.0. The van der Waals surface area contributed by atoms with Crippen molar-refractivity contribution in [3.63, 3.8) is 0 Å². The van der Waals surface area contributed by atoms with E-state index in [4.69, 9.17) is 4.74 Å². The molecule has 8 nitrogen and oxygen atoms in total. The summed E-state index contributed by atoms with van der Waals surface area (Å²) in [5.74, 6) is -0.542. The maximum atomic E-state index is 14.6. The van der Waals surface area contributed by atoms with E-state index in [1.807, 2.05) is 74.7 Å². The third kappa shape index (κ3) is 8.92. The van der Waals surface area contributed by atoms with E-state index in [0.29, 0.717) is 18.9 Å². The number of benzene rings is 4. The van der Waals surface area contributed by atoms with E-state index in [1.54, 1.807) is 36.4 Å². The van der Waals surface area contributed by atoms with Gasteiger partial charge < -0.3 is 15.0 Å². The predicted molar refractivity (Wildman–Crippen MR) is 188 cm³/mol. The van der Waals surface area contributed by atoms with Crippen LogP contribution in [0.4, 0.5) is 5.69 Å². The molecule has 11 heteroatoms. The minimum atomic E-state index is -4.25. The fraction of sp³-hybridized carbons (Fsp3) is 0.257. The summed E-state index contributed by atoms with van der Waals surface area (Å²) in [5, 5.41) is 2.88. The molecule has 4 rings (SSSR count). The highest BCUT2D eigenvalue weighted by atomic mass is 79.9. The summed E-state index contributed by atoms with van der Waals surface area (Å²) in [6.07, 6.45) is 2.15. The van der Waals surface area contributed by atoms with E-state index < -0.39 is 28.5 Å². The van der Waals surface area contributed by atoms with Crippen LogP contribution in [0.1, 0.15) is 25.0 Å². The summed E-state index contributed by atoms with van der Waals surface area (Å²) < 4.78 is 36.4. The van der Waals surface area contributed by atoms with Crippen LogP contribution in [-0.2, 0) is 32.6 Å². The molecule has 0 aromatic heterocycles. The minimum absolute atomic E-state index is 0.0347. The summed E-state index contributed by atoms with van der Waals surface area (Å²) in [5.41, 5.74) is 1.87. The van der Waals surface area contributed by atoms with Gasteiger partial charge in [-0.05, 0) is 79.8 Å². The van der Waals surface area contributed by atoms with Gasteiger partial charge in [0.2, 0.25) is 11.8 Å². The van der Waals surface area contributed by atoms with Crippen molar-refractivity contribution in [1.82, 2.24) is 10.2 Å². The second-order valence-corrected chi connectivity index (χ2v) is 14.0. The molecule has 4 aromatic carbocycles. The summed E-state index contributed by atoms with van der Waals surface area (Å²) in [4.78, 5) is 30.7. The number of nitrogens with zero attached hydrogens (tertiary/aromatic N) is 2. The number of thioether (sulfide) groups is 1. The number of rotatable bonds is 15. The molecule has 0 radical (unpaired) electrons. The van der Waals surface area contributed by atoms with Crippen LogP contribution >= 0.6 is 27.7 Å². The quantitative estimate of drug-likeness (QED) is 0.140. The van der Waals surface area contributed by atoms with E-state index in [9.17, 15) is 18.0 Å². The highest BCUT2D eigenvalue weighted by molar-refractivity contribution is 9.10. The Labute approximate surface area is 284 Å². The Hall–Kier alpha value is -3.80. The number of amides is 2. The Morgan fingerprint density at radius 3 is 2.22 bits per heavy atom. The van der Waals surface area contributed by atoms with Crippen LogP contribution in [0.3, 0.4) is 0 Å². The summed E-state index contributed by atoms with van der Waals surface area (Å²) in [6, 6.07) is 29.3. The highest BCUT2D eigenvalue weighted by Gasteiger charge is 2.35. The zero-order valence-corrected chi connectivity index (χ0v) is 29.3. The van der Waals surface area contributed by atoms with Gasteiger partial charge in [0, 0.05) is 28.9 Å². The van der Waals surface area contributed by atoms with E-state index in [-0.39, 0.29) is 29.5 Å². The average molecular weight is 725 g/mol. The van der Waals surface area contributed by atoms with E-state index in [2.05, 4.69) is 21.2 Å². The highest BCUT2D eigenvalue weighted by Crippen LogP contribution is 2.33. The molecule has 0 heterocycles. The number of sulfonamides is 1. The maximum Gasteiger partial charge on any atom is 0.264 e. The van der Waals surface area contributed by atoms with Gasteiger partial charge in [-0.3, -0.25) is 13.9 Å². The van der Waals surface area contributed by atoms with E-state index in [0.717, 1.165) is 24.8 Å². The number of hydrogen-bond acceptors (Lipinski definition) is 6. The van der Waals surface area contributed by atoms with Gasteiger partial charge in [-0.15, -0.1) is 11.8 Å². The lowest BCUT2D eigenvalue weighted by Gasteiger charge is -2.34. The second-order valence-electron chi connectivity index (χ2n) is 10.3. The molecule has 0 saturated heterocycles. The molecular formula is C35H38BrN3O5S2. The molecule has 242 valence electrons. The number of carbonyl (C=O) groups excluding carboxylic acids is 2. The first-order valence-electron chi connectivity index (χ1n) is 14.9. The Kier molecular flexibility index (Phi) is 12.7. The summed E-state index contributed by atoms with van der Waals surface area (Å²) in [6.45, 7) is 3.82. The van der Waals surface area contributed by atoms with Crippen LogP contribution < -0.4 is 14.4 Å². The number of halogens is 1. The zero-order chi connectivity index (χ0) is 33.1. The van der Waals surface area contributed by atoms with Crippen molar-refractivity contribution in [2.75, 3.05) is 30.3 Å². The van der Waals surface area contributed by atoms with Crippen LogP contribution in [-0.4, -0.2) is 57.1 Å². The van der Waals surface area contributed by atoms with Crippen molar-refractivity contribution in [2.45, 2.75) is 42.6 Å². The van der Waals surface area contributed by atoms with Gasteiger partial charge in [0.05, 0.1) is 17.2 Å². The molecule has 1 atom stereocenters. The molecule has 0 saturated carbocycles. The lowest BCUT2D eigenvalue weighted by molar-refractivity contribution is -0.140. The molecule has 0 fully saturated rings. The summed E-state index contributed by atoms with van der Waals surface area (Å²) >= 11 is 5.00. The van der Waals surface area contributed by atoms with Crippen LogP contribution in [0, 0.1) is 0 Å². The van der Waals surface area contributed by atoms with E-state index in [1.165, 1.54) is 28.8 Å². The fourth-order valence-corrected chi connectivity index (χ4v) is 7.29. The number of likely N-dealkylation sites (N-methyl/N-ethyl adjacent to an activating group) is 1. The van der Waals surface area contributed by atoms with Gasteiger partial charge in [-0.1, -0.05) is 70.5 Å². The van der Waals surface area contributed by atoms with Gasteiger partial charge in [0.25, 0.3) is 10.0 Å². The van der Waals surface area contributed by atoms with Crippen LogP contribution in [0.5, 0.6) is 5.75 Å². The van der Waals surface area contributed by atoms with Gasteiger partial charge >= 0.3 is 0 Å². The number of carbonyl (C=O) groups is 2. The first-order valence-corrected chi connectivity index (χ1v) is 18.4. The molecule has 46 heavy (non-hydrogen) atoms. The molecule has 0 aliphatic heterocycles. The van der Waals surface area contributed by atoms with Crippen LogP contribution in [0.15, 0.2) is 117 Å². The van der Waals surface area contributed by atoms with E-state index >= 15 is 0 Å². The fourth-order valence-electron chi connectivity index (χ4n) is 5.01. The number of ether oxygens (including phenoxy) is 1. The number of hydrogen-bond donors (Lipinski definition) is 1. The first kappa shape index (κ1) is 35.1. The standard InChI is InChI=1S/C35H38BrN3O5S2/c1-4-37-35(41)32(23-26-12-7-6-8-13-26)38(24-27-14-11-15-28(36)22-27)34(40)25-39(31-16-9-10-17-33(31)44-5-2)46(42,43)30-20-18-29(45-3)19-21-30/h6-22,32H,4-5,23-25H2,1-3H3,(H,37,41)/t32-/m0/s1. The van der Waals surface area contributed by atoms with Crippen molar-refractivity contribution >= 4 is 55.2 Å². The molecule has 1 N–H and O–H groups in total. The SMILES string of the molecule is CCNC(=O)[C@H](Cc1ccccc1)N(Cc1cccc(Br)c1)C(=O)CN(c1ccccc1OCC)S(=O)(=O)c1ccc(SC)cc1. The monoisotopic (exact) mass is 723 g/mol. The van der Waals surface area contributed by atoms with Crippen molar-refractivity contribution in [1.29, 1.82) is 0 Å². The van der Waals surface area contributed by atoms with Gasteiger partial charge in [-0.2, -0.15) is 0 Å². The Balaban J connectivity index is 1.83. The van der Waals surface area contributed by atoms with Crippen molar-refractivity contribution in [3.8, 4) is 5.75 Å². The molecular weight excluding hydrogens is 686 g/mol. The largest absolute Gasteiger partial charge is 0.492 e. The molecule has 2 amide bonds. The smallest absolute Gasteiger partial charge is 0.264 e. The molecule has 0 unspecified atom stereocenters. The topological polar surface area (TPSA) is 96.0 Å². The molecule has 0 bridgehead atoms.